The van der Waals surface area contributed by atoms with Crippen molar-refractivity contribution < 1.29 is 33.4 Å². The minimum absolute atomic E-state index is 0.0509. The van der Waals surface area contributed by atoms with Gasteiger partial charge < -0.3 is 19.1 Å². The summed E-state index contributed by atoms with van der Waals surface area (Å²) in [4.78, 5) is 54.1. The summed E-state index contributed by atoms with van der Waals surface area (Å²) in [6.07, 6.45) is 3.39. The van der Waals surface area contributed by atoms with E-state index in [0.29, 0.717) is 18.9 Å². The fraction of sp³-hybridized carbons (Fsp3) is 0.824. The molecule has 0 N–H and O–H groups in total. The molecule has 0 heterocycles. The van der Waals surface area contributed by atoms with E-state index < -0.39 is 23.6 Å². The van der Waals surface area contributed by atoms with E-state index in [2.05, 4.69) is 32.8 Å². The maximum Gasteiger partial charge on any atom is 0.310 e. The van der Waals surface area contributed by atoms with Crippen molar-refractivity contribution in [1.82, 2.24) is 4.90 Å². The van der Waals surface area contributed by atoms with Gasteiger partial charge in [-0.25, -0.2) is 0 Å². The molecule has 4 fully saturated rings. The first-order valence-electron chi connectivity index (χ1n) is 15.9. The van der Waals surface area contributed by atoms with Crippen LogP contribution in [-0.2, 0) is 33.4 Å². The lowest BCUT2D eigenvalue weighted by atomic mass is 9.42. The molecule has 8 nitrogen and oxygen atoms in total. The van der Waals surface area contributed by atoms with Crippen molar-refractivity contribution in [3.8, 4) is 0 Å². The van der Waals surface area contributed by atoms with Crippen LogP contribution in [0.5, 0.6) is 0 Å². The Morgan fingerprint density at radius 2 is 1.45 bits per heavy atom. The number of fused-ring (bicyclic) bond motifs is 5. The maximum atomic E-state index is 13.6. The molecule has 4 saturated carbocycles. The average molecular weight is 588 g/mol. The van der Waals surface area contributed by atoms with Gasteiger partial charge in [-0.05, 0) is 97.6 Å². The highest BCUT2D eigenvalue weighted by molar-refractivity contribution is 5.80. The number of Topliss-reactive ketones (excluding diaryl/α,β-unsaturated/α-hetero) is 1. The first-order valence-corrected chi connectivity index (χ1v) is 15.9. The normalized spacial score (nSPS) is 40.7. The molecule has 0 amide bonds. The van der Waals surface area contributed by atoms with Crippen LogP contribution in [0.3, 0.4) is 0 Å². The van der Waals surface area contributed by atoms with Crippen molar-refractivity contribution in [2.24, 2.45) is 40.4 Å². The number of hydrogen-bond acceptors (Lipinski definition) is 8. The Labute approximate surface area is 252 Å². The van der Waals surface area contributed by atoms with Gasteiger partial charge in [0.15, 0.2) is 0 Å². The Hall–Kier alpha value is -2.22. The van der Waals surface area contributed by atoms with Gasteiger partial charge in [-0.15, -0.1) is 0 Å². The van der Waals surface area contributed by atoms with Gasteiger partial charge in [-0.3, -0.25) is 19.2 Å². The Kier molecular flexibility index (Phi) is 9.38. The Bertz CT molecular complexity index is 1120. The van der Waals surface area contributed by atoms with Crippen LogP contribution in [0.25, 0.3) is 0 Å². The third-order valence-electron chi connectivity index (χ3n) is 12.0. The highest BCUT2D eigenvalue weighted by Crippen LogP contribution is 2.69. The standard InChI is InChI=1S/C34H53NO7/c1-18(2)19(3)15-29(39)42-31-30-24(26-12-11-25(20(4)36)34(26,8)32(31)41-22(6)38)17-28(40-21(5)37)27-16-23(35(9)10)13-14-33(27,30)7/h23-28,30-32H,11-17H2,1-10H3/t23-,24-,25+,26-,27+,28+,30+,31-,32+,33-,34+/m0/s1. The maximum absolute atomic E-state index is 13.6. The molecule has 0 spiro atoms. The van der Waals surface area contributed by atoms with E-state index in [9.17, 15) is 19.2 Å². The van der Waals surface area contributed by atoms with E-state index in [0.717, 1.165) is 36.8 Å². The van der Waals surface area contributed by atoms with Gasteiger partial charge in [0.05, 0.1) is 6.42 Å². The van der Waals surface area contributed by atoms with E-state index in [1.54, 1.807) is 6.92 Å². The van der Waals surface area contributed by atoms with Crippen LogP contribution in [0.1, 0.15) is 100 Å². The second kappa shape index (κ2) is 12.0. The Morgan fingerprint density at radius 1 is 0.810 bits per heavy atom. The number of carbonyl (C=O) groups excluding carboxylic acids is 4. The lowest BCUT2D eigenvalue weighted by Crippen LogP contribution is -2.69. The summed E-state index contributed by atoms with van der Waals surface area (Å²) in [6.45, 7) is 14.8. The monoisotopic (exact) mass is 587 g/mol. The minimum Gasteiger partial charge on any atom is -0.462 e. The number of nitrogens with zero attached hydrogens (tertiary/aromatic N) is 1. The Balaban J connectivity index is 1.88. The summed E-state index contributed by atoms with van der Waals surface area (Å²) in [7, 11) is 4.19. The molecule has 0 aliphatic heterocycles. The van der Waals surface area contributed by atoms with Gasteiger partial charge >= 0.3 is 17.9 Å². The SMILES string of the molecule is CC(=O)O[C@@H]1[C@@H](OC(=O)CC(C)=C(C)C)[C@H]2[C@@H](C[C@@H](OC(C)=O)[C@H]3C[C@@H](N(C)C)CC[C@]23C)[C@@H]2CC[C@H](C(C)=O)[C@@]12C. The van der Waals surface area contributed by atoms with Gasteiger partial charge in [0.25, 0.3) is 0 Å². The summed E-state index contributed by atoms with van der Waals surface area (Å²) < 4.78 is 18.8. The van der Waals surface area contributed by atoms with Gasteiger partial charge in [-0.2, -0.15) is 0 Å². The lowest BCUT2D eigenvalue weighted by Gasteiger charge is -2.65. The van der Waals surface area contributed by atoms with Gasteiger partial charge in [0, 0.05) is 43.1 Å². The van der Waals surface area contributed by atoms with E-state index in [4.69, 9.17) is 14.2 Å². The number of rotatable bonds is 7. The van der Waals surface area contributed by atoms with Crippen LogP contribution in [0.2, 0.25) is 0 Å². The van der Waals surface area contributed by atoms with Crippen molar-refractivity contribution in [1.29, 1.82) is 0 Å². The molecule has 0 aromatic carbocycles. The van der Waals surface area contributed by atoms with Crippen LogP contribution in [0, 0.1) is 40.4 Å². The lowest BCUT2D eigenvalue weighted by molar-refractivity contribution is -0.258. The molecule has 0 radical (unpaired) electrons. The number of esters is 3. The van der Waals surface area contributed by atoms with Gasteiger partial charge in [0.2, 0.25) is 0 Å². The zero-order chi connectivity index (χ0) is 31.3. The number of ketones is 1. The quantitative estimate of drug-likeness (QED) is 0.218. The molecule has 4 aliphatic carbocycles. The zero-order valence-corrected chi connectivity index (χ0v) is 27.5. The molecule has 0 unspecified atom stereocenters. The molecular formula is C34H53NO7. The summed E-state index contributed by atoms with van der Waals surface area (Å²) in [5.41, 5.74) is 1.01. The van der Waals surface area contributed by atoms with E-state index in [-0.39, 0.29) is 65.3 Å². The van der Waals surface area contributed by atoms with Gasteiger partial charge in [-0.1, -0.05) is 25.0 Å². The highest BCUT2D eigenvalue weighted by Gasteiger charge is 2.71. The first-order chi connectivity index (χ1) is 19.5. The summed E-state index contributed by atoms with van der Waals surface area (Å²) in [6, 6.07) is 0.352. The van der Waals surface area contributed by atoms with Crippen LogP contribution < -0.4 is 0 Å². The van der Waals surface area contributed by atoms with E-state index >= 15 is 0 Å². The van der Waals surface area contributed by atoms with Crippen molar-refractivity contribution in [2.45, 2.75) is 125 Å². The third-order valence-corrected chi connectivity index (χ3v) is 12.0. The number of carbonyl (C=O) groups is 4. The molecule has 11 atom stereocenters. The topological polar surface area (TPSA) is 99.2 Å². The summed E-state index contributed by atoms with van der Waals surface area (Å²) in [5, 5.41) is 0. The number of allylic oxidation sites excluding steroid dienone is 1. The zero-order valence-electron chi connectivity index (χ0n) is 27.5. The third kappa shape index (κ3) is 5.69. The summed E-state index contributed by atoms with van der Waals surface area (Å²) in [5.74, 6) is -1.19. The number of ether oxygens (including phenoxy) is 3. The molecule has 0 aromatic rings. The number of hydrogen-bond donors (Lipinski definition) is 0. The van der Waals surface area contributed by atoms with E-state index in [1.165, 1.54) is 13.8 Å². The largest absolute Gasteiger partial charge is 0.462 e. The molecule has 42 heavy (non-hydrogen) atoms. The predicted molar refractivity (Wildman–Crippen MR) is 159 cm³/mol. The van der Waals surface area contributed by atoms with Crippen molar-refractivity contribution in [3.05, 3.63) is 11.1 Å². The average Bonchev–Trinajstić information content (AvgIpc) is 3.23. The second-order valence-corrected chi connectivity index (χ2v) is 14.7. The van der Waals surface area contributed by atoms with Gasteiger partial charge in [0.1, 0.15) is 24.1 Å². The Morgan fingerprint density at radius 3 is 2.00 bits per heavy atom. The fourth-order valence-corrected chi connectivity index (χ4v) is 9.84. The second-order valence-electron chi connectivity index (χ2n) is 14.7. The van der Waals surface area contributed by atoms with Crippen LogP contribution in [0.4, 0.5) is 0 Å². The fourth-order valence-electron chi connectivity index (χ4n) is 9.84. The molecular weight excluding hydrogens is 534 g/mol. The van der Waals surface area contributed by atoms with E-state index in [1.807, 2.05) is 20.8 Å². The van der Waals surface area contributed by atoms with Crippen LogP contribution in [0.15, 0.2) is 11.1 Å². The smallest absolute Gasteiger partial charge is 0.310 e. The predicted octanol–water partition coefficient (Wildman–Crippen LogP) is 5.52. The highest BCUT2D eigenvalue weighted by atomic mass is 16.6. The molecule has 0 bridgehead atoms. The molecule has 0 aromatic heterocycles. The van der Waals surface area contributed by atoms with Crippen LogP contribution >= 0.6 is 0 Å². The molecule has 236 valence electrons. The minimum atomic E-state index is -0.733. The summed E-state index contributed by atoms with van der Waals surface area (Å²) >= 11 is 0. The molecule has 4 rings (SSSR count). The van der Waals surface area contributed by atoms with Crippen molar-refractivity contribution in [2.75, 3.05) is 14.1 Å². The molecule has 4 aliphatic rings. The van der Waals surface area contributed by atoms with Crippen molar-refractivity contribution in [3.63, 3.8) is 0 Å². The first kappa shape index (κ1) is 32.7. The van der Waals surface area contributed by atoms with Crippen molar-refractivity contribution >= 4 is 23.7 Å². The van der Waals surface area contributed by atoms with Crippen LogP contribution in [-0.4, -0.2) is 67.0 Å². The molecule has 0 saturated heterocycles. The molecule has 8 heteroatoms.